The van der Waals surface area contributed by atoms with E-state index >= 15 is 0 Å². The smallest absolute Gasteiger partial charge is 0.191 e. The van der Waals surface area contributed by atoms with E-state index in [1.165, 1.54) is 0 Å². The van der Waals surface area contributed by atoms with Gasteiger partial charge >= 0.3 is 0 Å². The minimum Gasteiger partial charge on any atom is -0.489 e. The maximum absolute atomic E-state index is 6.34. The highest BCUT2D eigenvalue weighted by molar-refractivity contribution is 14.0. The van der Waals surface area contributed by atoms with Gasteiger partial charge in [-0.1, -0.05) is 11.6 Å². The number of benzene rings is 1. The molecule has 0 bridgehead atoms. The van der Waals surface area contributed by atoms with Gasteiger partial charge in [0.05, 0.1) is 31.4 Å². The van der Waals surface area contributed by atoms with Crippen molar-refractivity contribution in [3.8, 4) is 11.5 Å². The molecule has 2 heterocycles. The number of fused-ring (bicyclic) bond motifs is 1. The standard InChI is InChI=1S/C18H26ClN3O3.HI/c1-2-20-18(21-10-13-4-7-23-12-13)22-11-14-8-15(19)17-16(9-14)24-5-3-6-25-17;/h8-9,13H,2-7,10-12H2,1H3,(H2,20,21,22);1H. The first-order chi connectivity index (χ1) is 12.3. The molecule has 1 atom stereocenters. The van der Waals surface area contributed by atoms with Crippen LogP contribution in [-0.4, -0.2) is 45.5 Å². The van der Waals surface area contributed by atoms with Gasteiger partial charge in [0.15, 0.2) is 17.5 Å². The Morgan fingerprint density at radius 3 is 2.85 bits per heavy atom. The lowest BCUT2D eigenvalue weighted by atomic mass is 10.1. The largest absolute Gasteiger partial charge is 0.489 e. The molecule has 0 radical (unpaired) electrons. The van der Waals surface area contributed by atoms with Crippen LogP contribution in [0.2, 0.25) is 5.02 Å². The minimum absolute atomic E-state index is 0. The van der Waals surface area contributed by atoms with Crippen molar-refractivity contribution >= 4 is 41.5 Å². The van der Waals surface area contributed by atoms with Crippen molar-refractivity contribution in [2.75, 3.05) is 39.5 Å². The molecule has 2 N–H and O–H groups in total. The van der Waals surface area contributed by atoms with E-state index in [0.717, 1.165) is 50.7 Å². The van der Waals surface area contributed by atoms with Gasteiger partial charge in [-0.25, -0.2) is 4.99 Å². The quantitative estimate of drug-likeness (QED) is 0.373. The molecular weight excluding hydrogens is 469 g/mol. The molecule has 0 amide bonds. The molecule has 1 unspecified atom stereocenters. The molecule has 8 heteroatoms. The predicted molar refractivity (Wildman–Crippen MR) is 114 cm³/mol. The molecule has 0 aliphatic carbocycles. The molecule has 0 aromatic heterocycles. The summed E-state index contributed by atoms with van der Waals surface area (Å²) in [5.74, 6) is 2.70. The van der Waals surface area contributed by atoms with Gasteiger partial charge in [0.25, 0.3) is 0 Å². The first-order valence-electron chi connectivity index (χ1n) is 8.94. The van der Waals surface area contributed by atoms with Gasteiger partial charge in [-0.2, -0.15) is 0 Å². The van der Waals surface area contributed by atoms with Crippen molar-refractivity contribution in [1.82, 2.24) is 10.6 Å². The monoisotopic (exact) mass is 495 g/mol. The summed E-state index contributed by atoms with van der Waals surface area (Å²) in [6, 6.07) is 3.86. The highest BCUT2D eigenvalue weighted by Gasteiger charge is 2.17. The van der Waals surface area contributed by atoms with Gasteiger partial charge in [0.2, 0.25) is 0 Å². The van der Waals surface area contributed by atoms with E-state index < -0.39 is 0 Å². The summed E-state index contributed by atoms with van der Waals surface area (Å²) in [6.45, 7) is 7.21. The number of aliphatic imine (C=N–C) groups is 1. The summed E-state index contributed by atoms with van der Waals surface area (Å²) in [5, 5.41) is 7.24. The number of guanidine groups is 1. The van der Waals surface area contributed by atoms with E-state index in [-0.39, 0.29) is 24.0 Å². The third-order valence-corrected chi connectivity index (χ3v) is 4.49. The number of halogens is 2. The van der Waals surface area contributed by atoms with Gasteiger partial charge < -0.3 is 24.8 Å². The fraction of sp³-hybridized carbons (Fsp3) is 0.611. The average Bonchev–Trinajstić information content (AvgIpc) is 3.01. The maximum Gasteiger partial charge on any atom is 0.191 e. The summed E-state index contributed by atoms with van der Waals surface area (Å²) < 4.78 is 16.8. The third kappa shape index (κ3) is 6.06. The number of nitrogens with zero attached hydrogens (tertiary/aromatic N) is 1. The SMILES string of the molecule is CCNC(=NCc1cc(Cl)c2c(c1)OCCCO2)NCC1CCOC1.I. The summed E-state index contributed by atoms with van der Waals surface area (Å²) >= 11 is 6.34. The fourth-order valence-electron chi connectivity index (χ4n) is 2.87. The van der Waals surface area contributed by atoms with Crippen LogP contribution in [0.1, 0.15) is 25.3 Å². The maximum atomic E-state index is 6.34. The number of hydrogen-bond donors (Lipinski definition) is 2. The minimum atomic E-state index is 0. The Hall–Kier alpha value is -0.930. The highest BCUT2D eigenvalue weighted by Crippen LogP contribution is 2.38. The van der Waals surface area contributed by atoms with Crippen LogP contribution in [0, 0.1) is 5.92 Å². The zero-order valence-corrected chi connectivity index (χ0v) is 18.1. The van der Waals surface area contributed by atoms with E-state index in [0.29, 0.717) is 42.2 Å². The number of ether oxygens (including phenoxy) is 3. The molecule has 1 aromatic rings. The first kappa shape index (κ1) is 21.4. The van der Waals surface area contributed by atoms with Crippen molar-refractivity contribution in [1.29, 1.82) is 0 Å². The second-order valence-electron chi connectivity index (χ2n) is 6.26. The summed E-state index contributed by atoms with van der Waals surface area (Å²) in [7, 11) is 0. The Labute approximate surface area is 177 Å². The van der Waals surface area contributed by atoms with Gasteiger partial charge in [-0.05, 0) is 31.0 Å². The second kappa shape index (κ2) is 11.0. The van der Waals surface area contributed by atoms with Crippen LogP contribution in [0.15, 0.2) is 17.1 Å². The molecule has 3 rings (SSSR count). The van der Waals surface area contributed by atoms with Crippen molar-refractivity contribution < 1.29 is 14.2 Å². The molecule has 1 saturated heterocycles. The molecular formula is C18H27ClIN3O3. The molecule has 146 valence electrons. The van der Waals surface area contributed by atoms with Gasteiger partial charge in [-0.15, -0.1) is 24.0 Å². The zero-order valence-electron chi connectivity index (χ0n) is 15.1. The van der Waals surface area contributed by atoms with Crippen LogP contribution in [0.5, 0.6) is 11.5 Å². The summed E-state index contributed by atoms with van der Waals surface area (Å²) in [6.07, 6.45) is 1.96. The molecule has 26 heavy (non-hydrogen) atoms. The Morgan fingerprint density at radius 1 is 1.23 bits per heavy atom. The van der Waals surface area contributed by atoms with Gasteiger partial charge in [-0.3, -0.25) is 0 Å². The zero-order chi connectivity index (χ0) is 17.5. The van der Waals surface area contributed by atoms with E-state index in [1.807, 2.05) is 12.1 Å². The molecule has 2 aliphatic heterocycles. The lowest BCUT2D eigenvalue weighted by molar-refractivity contribution is 0.186. The molecule has 0 spiro atoms. The number of nitrogens with one attached hydrogen (secondary N) is 2. The third-order valence-electron chi connectivity index (χ3n) is 4.21. The van der Waals surface area contributed by atoms with Crippen molar-refractivity contribution in [2.45, 2.75) is 26.3 Å². The van der Waals surface area contributed by atoms with E-state index in [9.17, 15) is 0 Å². The van der Waals surface area contributed by atoms with E-state index in [2.05, 4.69) is 22.5 Å². The Kier molecular flexibility index (Phi) is 9.07. The van der Waals surface area contributed by atoms with E-state index in [1.54, 1.807) is 0 Å². The topological polar surface area (TPSA) is 64.1 Å². The van der Waals surface area contributed by atoms with Gasteiger partial charge in [0.1, 0.15) is 0 Å². The van der Waals surface area contributed by atoms with Crippen molar-refractivity contribution in [3.63, 3.8) is 0 Å². The number of rotatable bonds is 5. The van der Waals surface area contributed by atoms with Crippen LogP contribution < -0.4 is 20.1 Å². The number of hydrogen-bond acceptors (Lipinski definition) is 4. The molecule has 1 fully saturated rings. The summed E-state index contributed by atoms with van der Waals surface area (Å²) in [5.41, 5.74) is 0.996. The van der Waals surface area contributed by atoms with Crippen LogP contribution in [0.4, 0.5) is 0 Å². The Bertz CT molecular complexity index is 610. The predicted octanol–water partition coefficient (Wildman–Crippen LogP) is 3.21. The van der Waals surface area contributed by atoms with Crippen LogP contribution >= 0.6 is 35.6 Å². The summed E-state index contributed by atoms with van der Waals surface area (Å²) in [4.78, 5) is 4.66. The lowest BCUT2D eigenvalue weighted by Gasteiger charge is -2.14. The van der Waals surface area contributed by atoms with E-state index in [4.69, 9.17) is 25.8 Å². The van der Waals surface area contributed by atoms with Crippen molar-refractivity contribution in [3.05, 3.63) is 22.7 Å². The molecule has 1 aromatic carbocycles. The highest BCUT2D eigenvalue weighted by atomic mass is 127. The Morgan fingerprint density at radius 2 is 2.08 bits per heavy atom. The van der Waals surface area contributed by atoms with Crippen LogP contribution in [-0.2, 0) is 11.3 Å². The van der Waals surface area contributed by atoms with Crippen molar-refractivity contribution in [2.24, 2.45) is 10.9 Å². The Balaban J connectivity index is 0.00000243. The van der Waals surface area contributed by atoms with Crippen LogP contribution in [0.25, 0.3) is 0 Å². The van der Waals surface area contributed by atoms with Crippen LogP contribution in [0.3, 0.4) is 0 Å². The van der Waals surface area contributed by atoms with Gasteiger partial charge in [0, 0.05) is 32.0 Å². The lowest BCUT2D eigenvalue weighted by Crippen LogP contribution is -2.39. The normalized spacial score (nSPS) is 19.5. The molecule has 0 saturated carbocycles. The average molecular weight is 496 g/mol. The molecule has 6 nitrogen and oxygen atoms in total. The molecule has 2 aliphatic rings. The second-order valence-corrected chi connectivity index (χ2v) is 6.67. The fourth-order valence-corrected chi connectivity index (χ4v) is 3.16. The first-order valence-corrected chi connectivity index (χ1v) is 9.32.